The van der Waals surface area contributed by atoms with Gasteiger partial charge in [-0.2, -0.15) is 15.0 Å². The average molecular weight is 427 g/mol. The van der Waals surface area contributed by atoms with Gasteiger partial charge in [0.25, 0.3) is 0 Å². The number of aromatic amines is 1. The number of halogens is 4. The molecule has 0 amide bonds. The molecule has 0 aliphatic heterocycles. The minimum absolute atomic E-state index is 0.162. The van der Waals surface area contributed by atoms with Gasteiger partial charge in [-0.15, -0.1) is 0 Å². The number of aromatic nitrogens is 5. The van der Waals surface area contributed by atoms with Gasteiger partial charge in [0.15, 0.2) is 5.82 Å². The first kappa shape index (κ1) is 20.8. The van der Waals surface area contributed by atoms with E-state index in [-0.39, 0.29) is 49.7 Å². The van der Waals surface area contributed by atoms with E-state index in [0.717, 1.165) is 0 Å². The van der Waals surface area contributed by atoms with Crippen LogP contribution in [0.25, 0.3) is 11.5 Å². The number of anilines is 2. The number of H-pyrrole nitrogens is 1. The molecule has 2 aromatic heterocycles. The third-order valence-electron chi connectivity index (χ3n) is 5.68. The molecular weight excluding hydrogens is 402 g/mol. The molecule has 2 saturated carbocycles. The van der Waals surface area contributed by atoms with E-state index in [1.54, 1.807) is 13.1 Å². The van der Waals surface area contributed by atoms with Crippen molar-refractivity contribution in [1.82, 2.24) is 24.9 Å². The normalized spacial score (nSPS) is 22.0. The molecule has 2 aliphatic carbocycles. The molecule has 0 bridgehead atoms. The maximum absolute atomic E-state index is 13.4. The maximum Gasteiger partial charge on any atom is 0.248 e. The minimum atomic E-state index is -2.62. The zero-order chi connectivity index (χ0) is 21.4. The van der Waals surface area contributed by atoms with Crippen molar-refractivity contribution < 1.29 is 17.6 Å². The van der Waals surface area contributed by atoms with Gasteiger partial charge < -0.3 is 15.6 Å². The highest BCUT2D eigenvalue weighted by molar-refractivity contribution is 5.53. The summed E-state index contributed by atoms with van der Waals surface area (Å²) in [6.07, 6.45) is 2.16. The highest BCUT2D eigenvalue weighted by Crippen LogP contribution is 2.35. The van der Waals surface area contributed by atoms with Crippen LogP contribution in [0, 0.1) is 6.92 Å². The van der Waals surface area contributed by atoms with E-state index in [1.807, 2.05) is 0 Å². The molecule has 4 rings (SSSR count). The summed E-state index contributed by atoms with van der Waals surface area (Å²) in [6, 6.07) is -0.325. The van der Waals surface area contributed by atoms with E-state index in [1.165, 1.54) is 0 Å². The second kappa shape index (κ2) is 7.99. The van der Waals surface area contributed by atoms with Gasteiger partial charge in [-0.1, -0.05) is 0 Å². The van der Waals surface area contributed by atoms with Gasteiger partial charge >= 0.3 is 0 Å². The Morgan fingerprint density at radius 1 is 0.833 bits per heavy atom. The lowest BCUT2D eigenvalue weighted by atomic mass is 9.92. The largest absolute Gasteiger partial charge is 0.351 e. The zero-order valence-corrected chi connectivity index (χ0v) is 16.7. The zero-order valence-electron chi connectivity index (χ0n) is 16.7. The van der Waals surface area contributed by atoms with E-state index in [2.05, 4.69) is 35.6 Å². The fourth-order valence-electron chi connectivity index (χ4n) is 3.89. The molecule has 0 radical (unpaired) electrons. The summed E-state index contributed by atoms with van der Waals surface area (Å²) >= 11 is 0. The van der Waals surface area contributed by atoms with Gasteiger partial charge in [0.1, 0.15) is 11.5 Å². The Balaban J connectivity index is 1.52. The lowest BCUT2D eigenvalue weighted by Crippen LogP contribution is -2.33. The summed E-state index contributed by atoms with van der Waals surface area (Å²) in [5.41, 5.74) is 0.589. The molecule has 164 valence electrons. The van der Waals surface area contributed by atoms with Gasteiger partial charge in [0, 0.05) is 37.8 Å². The van der Waals surface area contributed by atoms with Gasteiger partial charge in [-0.05, 0) is 32.6 Å². The first-order chi connectivity index (χ1) is 14.2. The van der Waals surface area contributed by atoms with Crippen LogP contribution in [0.5, 0.6) is 0 Å². The van der Waals surface area contributed by atoms with E-state index >= 15 is 0 Å². The maximum atomic E-state index is 13.4. The fraction of sp³-hybridized carbons (Fsp3) is 0.684. The summed E-state index contributed by atoms with van der Waals surface area (Å²) in [7, 11) is 0. The summed E-state index contributed by atoms with van der Waals surface area (Å²) in [5, 5.41) is 6.27. The molecule has 0 atom stereocenters. The van der Waals surface area contributed by atoms with Crippen LogP contribution in [0.1, 0.15) is 57.2 Å². The Labute approximate surface area is 171 Å². The van der Waals surface area contributed by atoms with Crippen LogP contribution in [-0.2, 0) is 0 Å². The molecule has 2 aliphatic rings. The van der Waals surface area contributed by atoms with E-state index in [4.69, 9.17) is 0 Å². The van der Waals surface area contributed by atoms with Crippen molar-refractivity contribution in [3.8, 4) is 11.5 Å². The van der Waals surface area contributed by atoms with Crippen LogP contribution in [0.4, 0.5) is 29.5 Å². The third kappa shape index (κ3) is 5.17. The van der Waals surface area contributed by atoms with Crippen molar-refractivity contribution in [2.75, 3.05) is 10.6 Å². The Bertz CT molecular complexity index is 817. The van der Waals surface area contributed by atoms with Gasteiger partial charge in [-0.3, -0.25) is 0 Å². The van der Waals surface area contributed by atoms with Crippen molar-refractivity contribution in [2.45, 2.75) is 82.2 Å². The average Bonchev–Trinajstić information content (AvgIpc) is 3.12. The molecule has 0 saturated heterocycles. The number of nitrogens with one attached hydrogen (secondary N) is 3. The molecule has 11 heteroatoms. The van der Waals surface area contributed by atoms with E-state index < -0.39 is 11.8 Å². The highest BCUT2D eigenvalue weighted by Gasteiger charge is 2.36. The fourth-order valence-corrected chi connectivity index (χ4v) is 3.89. The number of hydrogen-bond acceptors (Lipinski definition) is 6. The number of hydrogen-bond donors (Lipinski definition) is 3. The van der Waals surface area contributed by atoms with Crippen molar-refractivity contribution in [3.05, 3.63) is 12.0 Å². The SMILES string of the molecule is Cc1ncc(-c2nc(NC3CCC(F)(F)CC3)nc(NC3CCC(F)(F)CC3)n2)[nH]1. The first-order valence-electron chi connectivity index (χ1n) is 10.2. The second-order valence-electron chi connectivity index (χ2n) is 8.24. The van der Waals surface area contributed by atoms with Crippen molar-refractivity contribution in [1.29, 1.82) is 0 Å². The van der Waals surface area contributed by atoms with Crippen LogP contribution in [0.15, 0.2) is 6.20 Å². The molecular formula is C19H25F4N7. The van der Waals surface area contributed by atoms with Crippen LogP contribution in [0.3, 0.4) is 0 Å². The van der Waals surface area contributed by atoms with Crippen LogP contribution >= 0.6 is 0 Å². The minimum Gasteiger partial charge on any atom is -0.351 e. The van der Waals surface area contributed by atoms with Crippen LogP contribution in [0.2, 0.25) is 0 Å². The van der Waals surface area contributed by atoms with Gasteiger partial charge in [0.05, 0.1) is 6.20 Å². The molecule has 2 heterocycles. The van der Waals surface area contributed by atoms with Crippen molar-refractivity contribution in [2.24, 2.45) is 0 Å². The number of imidazole rings is 1. The summed E-state index contributed by atoms with van der Waals surface area (Å²) < 4.78 is 53.8. The quantitative estimate of drug-likeness (QED) is 0.607. The third-order valence-corrected chi connectivity index (χ3v) is 5.68. The molecule has 2 fully saturated rings. The molecule has 3 N–H and O–H groups in total. The molecule has 7 nitrogen and oxygen atoms in total. The lowest BCUT2D eigenvalue weighted by molar-refractivity contribution is -0.0366. The Hall–Kier alpha value is -2.46. The van der Waals surface area contributed by atoms with Crippen LogP contribution in [-0.4, -0.2) is 48.8 Å². The molecule has 30 heavy (non-hydrogen) atoms. The van der Waals surface area contributed by atoms with Crippen molar-refractivity contribution >= 4 is 11.9 Å². The summed E-state index contributed by atoms with van der Waals surface area (Å²) in [4.78, 5) is 20.4. The Kier molecular flexibility index (Phi) is 5.54. The first-order valence-corrected chi connectivity index (χ1v) is 10.2. The van der Waals surface area contributed by atoms with Crippen molar-refractivity contribution in [3.63, 3.8) is 0 Å². The van der Waals surface area contributed by atoms with Crippen LogP contribution < -0.4 is 10.6 Å². The smallest absolute Gasteiger partial charge is 0.248 e. The molecule has 0 aromatic carbocycles. The number of rotatable bonds is 5. The number of aryl methyl sites for hydroxylation is 1. The summed E-state index contributed by atoms with van der Waals surface area (Å²) in [5.74, 6) is -3.66. The molecule has 2 aromatic rings. The second-order valence-corrected chi connectivity index (χ2v) is 8.24. The topological polar surface area (TPSA) is 91.4 Å². The van der Waals surface area contributed by atoms with Gasteiger partial charge in [0.2, 0.25) is 23.7 Å². The molecule has 0 unspecified atom stereocenters. The predicted octanol–water partition coefficient (Wildman–Crippen LogP) is 4.55. The summed E-state index contributed by atoms with van der Waals surface area (Å²) in [6.45, 7) is 1.80. The number of alkyl halides is 4. The molecule has 0 spiro atoms. The van der Waals surface area contributed by atoms with E-state index in [9.17, 15) is 17.6 Å². The Morgan fingerprint density at radius 3 is 1.70 bits per heavy atom. The predicted molar refractivity (Wildman–Crippen MR) is 104 cm³/mol. The number of nitrogens with zero attached hydrogens (tertiary/aromatic N) is 4. The standard InChI is InChI=1S/C19H25F4N7/c1-11-24-10-14(25-11)15-28-16(26-12-2-6-18(20,21)7-3-12)30-17(29-15)27-13-4-8-19(22,23)9-5-13/h10,12-13H,2-9H2,1H3,(H,24,25)(H2,26,27,28,29,30). The van der Waals surface area contributed by atoms with Gasteiger partial charge in [-0.25, -0.2) is 22.5 Å². The highest BCUT2D eigenvalue weighted by atomic mass is 19.3. The monoisotopic (exact) mass is 427 g/mol. The Morgan fingerprint density at radius 2 is 1.30 bits per heavy atom. The lowest BCUT2D eigenvalue weighted by Gasteiger charge is -2.30. The van der Waals surface area contributed by atoms with E-state index in [0.29, 0.717) is 43.0 Å².